The van der Waals surface area contributed by atoms with Crippen LogP contribution in [-0.4, -0.2) is 29.7 Å². The van der Waals surface area contributed by atoms with Gasteiger partial charge < -0.3 is 4.74 Å². The van der Waals surface area contributed by atoms with Crippen molar-refractivity contribution in [3.8, 4) is 11.1 Å². The summed E-state index contributed by atoms with van der Waals surface area (Å²) in [4.78, 5) is 15.4. The van der Waals surface area contributed by atoms with Crippen molar-refractivity contribution in [1.82, 2.24) is 4.90 Å². The molecule has 1 amide bonds. The van der Waals surface area contributed by atoms with Crippen molar-refractivity contribution < 1.29 is 9.53 Å². The van der Waals surface area contributed by atoms with Crippen LogP contribution in [0.25, 0.3) is 22.8 Å². The molecule has 3 aromatic rings. The molecule has 2 bridgehead atoms. The first-order chi connectivity index (χ1) is 16.7. The van der Waals surface area contributed by atoms with Gasteiger partial charge in [0.05, 0.1) is 6.04 Å². The fourth-order valence-electron chi connectivity index (χ4n) is 6.15. The number of piperidine rings is 1. The van der Waals surface area contributed by atoms with Crippen LogP contribution < -0.4 is 0 Å². The lowest BCUT2D eigenvalue weighted by molar-refractivity contribution is 0.0539. The van der Waals surface area contributed by atoms with E-state index in [4.69, 9.17) is 4.74 Å². The van der Waals surface area contributed by atoms with Crippen molar-refractivity contribution >= 4 is 17.7 Å². The number of benzene rings is 3. The van der Waals surface area contributed by atoms with E-state index in [-0.39, 0.29) is 24.1 Å². The van der Waals surface area contributed by atoms with E-state index in [1.807, 2.05) is 17.0 Å². The van der Waals surface area contributed by atoms with Crippen molar-refractivity contribution in [3.05, 3.63) is 108 Å². The number of rotatable bonds is 4. The molecule has 2 unspecified atom stereocenters. The second kappa shape index (κ2) is 8.64. The van der Waals surface area contributed by atoms with Gasteiger partial charge in [-0.05, 0) is 64.6 Å². The number of ether oxygens (including phenoxy) is 1. The highest BCUT2D eigenvalue weighted by molar-refractivity contribution is 5.80. The first kappa shape index (κ1) is 21.0. The molecule has 6 rings (SSSR count). The lowest BCUT2D eigenvalue weighted by Crippen LogP contribution is -2.51. The first-order valence-corrected chi connectivity index (χ1v) is 12.3. The Morgan fingerprint density at radius 1 is 0.912 bits per heavy atom. The van der Waals surface area contributed by atoms with E-state index in [0.29, 0.717) is 6.61 Å². The summed E-state index contributed by atoms with van der Waals surface area (Å²) in [5, 5.41) is 0. The smallest absolute Gasteiger partial charge is 0.410 e. The highest BCUT2D eigenvalue weighted by atomic mass is 16.6. The summed E-state index contributed by atoms with van der Waals surface area (Å²) in [5.74, 6) is 0.0894. The lowest BCUT2D eigenvalue weighted by atomic mass is 9.82. The largest absolute Gasteiger partial charge is 0.448 e. The van der Waals surface area contributed by atoms with E-state index in [9.17, 15) is 4.79 Å². The van der Waals surface area contributed by atoms with Gasteiger partial charge >= 0.3 is 6.09 Å². The lowest BCUT2D eigenvalue weighted by Gasteiger charge is -2.44. The van der Waals surface area contributed by atoms with Crippen LogP contribution in [0.2, 0.25) is 0 Å². The number of nitrogens with zero attached hydrogens (tertiary/aromatic N) is 1. The normalized spacial score (nSPS) is 20.8. The number of carbonyl (C=O) groups is 1. The summed E-state index contributed by atoms with van der Waals surface area (Å²) in [5.41, 5.74) is 8.72. The van der Waals surface area contributed by atoms with Gasteiger partial charge in [-0.2, -0.15) is 0 Å². The molecule has 170 valence electrons. The van der Waals surface area contributed by atoms with Crippen molar-refractivity contribution in [2.24, 2.45) is 0 Å². The Morgan fingerprint density at radius 2 is 1.56 bits per heavy atom. The van der Waals surface area contributed by atoms with Gasteiger partial charge in [-0.25, -0.2) is 4.79 Å². The van der Waals surface area contributed by atoms with Gasteiger partial charge in [0, 0.05) is 12.0 Å². The number of amides is 1. The maximum atomic E-state index is 13.4. The molecule has 1 saturated heterocycles. The topological polar surface area (TPSA) is 29.5 Å². The molecule has 3 nitrogen and oxygen atoms in total. The molecule has 0 saturated carbocycles. The van der Waals surface area contributed by atoms with Crippen LogP contribution >= 0.6 is 0 Å². The molecule has 3 aromatic carbocycles. The first-order valence-electron chi connectivity index (χ1n) is 12.3. The van der Waals surface area contributed by atoms with Crippen molar-refractivity contribution in [1.29, 1.82) is 0 Å². The molecule has 2 atom stereocenters. The standard InChI is InChI=1S/C31H29NO2/c1-2-21-10-3-4-13-25(21)22-18-23-11-9-12-24(19-22)32(23)31(33)34-20-30-28-16-7-5-14-26(28)27-15-6-8-17-29(27)30/h2-8,10,13-18,23-24,30H,1,9,11-12,19-20H2. The average molecular weight is 448 g/mol. The Balaban J connectivity index is 1.23. The van der Waals surface area contributed by atoms with E-state index in [0.717, 1.165) is 31.2 Å². The second-order valence-electron chi connectivity index (χ2n) is 9.55. The van der Waals surface area contributed by atoms with Gasteiger partial charge in [-0.1, -0.05) is 91.5 Å². The van der Waals surface area contributed by atoms with Crippen molar-refractivity contribution in [2.45, 2.75) is 43.7 Å². The summed E-state index contributed by atoms with van der Waals surface area (Å²) < 4.78 is 6.04. The molecule has 2 aliphatic heterocycles. The zero-order chi connectivity index (χ0) is 23.1. The van der Waals surface area contributed by atoms with E-state index in [1.165, 1.54) is 33.4 Å². The molecule has 0 spiro atoms. The Hall–Kier alpha value is -3.59. The summed E-state index contributed by atoms with van der Waals surface area (Å²) in [6.07, 6.45) is 8.06. The summed E-state index contributed by atoms with van der Waals surface area (Å²) in [6, 6.07) is 25.6. The number of hydrogen-bond donors (Lipinski definition) is 0. The second-order valence-corrected chi connectivity index (χ2v) is 9.55. The highest BCUT2D eigenvalue weighted by Gasteiger charge is 2.39. The molecule has 0 aromatic heterocycles. The minimum atomic E-state index is -0.177. The van der Waals surface area contributed by atoms with Crippen LogP contribution in [-0.2, 0) is 4.74 Å². The molecule has 34 heavy (non-hydrogen) atoms. The van der Waals surface area contributed by atoms with Crippen LogP contribution in [0.3, 0.4) is 0 Å². The summed E-state index contributed by atoms with van der Waals surface area (Å²) >= 11 is 0. The number of carbonyl (C=O) groups excluding carboxylic acids is 1. The van der Waals surface area contributed by atoms with Crippen LogP contribution in [0.4, 0.5) is 4.79 Å². The van der Waals surface area contributed by atoms with Gasteiger partial charge in [0.1, 0.15) is 6.61 Å². The van der Waals surface area contributed by atoms with E-state index < -0.39 is 0 Å². The molecule has 1 aliphatic carbocycles. The van der Waals surface area contributed by atoms with Crippen LogP contribution in [0.5, 0.6) is 0 Å². The highest BCUT2D eigenvalue weighted by Crippen LogP contribution is 2.45. The number of fused-ring (bicyclic) bond motifs is 5. The molecule has 0 radical (unpaired) electrons. The Morgan fingerprint density at radius 3 is 2.24 bits per heavy atom. The maximum Gasteiger partial charge on any atom is 0.410 e. The predicted octanol–water partition coefficient (Wildman–Crippen LogP) is 7.29. The van der Waals surface area contributed by atoms with Gasteiger partial charge in [-0.15, -0.1) is 0 Å². The maximum absolute atomic E-state index is 13.4. The molecule has 0 N–H and O–H groups in total. The third kappa shape index (κ3) is 3.47. The van der Waals surface area contributed by atoms with E-state index >= 15 is 0 Å². The van der Waals surface area contributed by atoms with Gasteiger partial charge in [0.15, 0.2) is 0 Å². The SMILES string of the molecule is C=Cc1ccccc1C1=CC2CCCC(C1)N2C(=O)OCC1c2ccccc2-c2ccccc21. The predicted molar refractivity (Wildman–Crippen MR) is 137 cm³/mol. The summed E-state index contributed by atoms with van der Waals surface area (Å²) in [7, 11) is 0. The molecule has 2 heterocycles. The minimum Gasteiger partial charge on any atom is -0.448 e. The fraction of sp³-hybridized carbons (Fsp3) is 0.258. The summed E-state index contributed by atoms with van der Waals surface area (Å²) in [6.45, 7) is 4.36. The Labute approximate surface area is 201 Å². The van der Waals surface area contributed by atoms with Crippen LogP contribution in [0, 0.1) is 0 Å². The van der Waals surface area contributed by atoms with E-state index in [1.54, 1.807) is 0 Å². The molecule has 1 fully saturated rings. The third-order valence-electron chi connectivity index (χ3n) is 7.71. The zero-order valence-electron chi connectivity index (χ0n) is 19.3. The van der Waals surface area contributed by atoms with Gasteiger partial charge in [-0.3, -0.25) is 4.90 Å². The molecular formula is C31H29NO2. The molecule has 3 heteroatoms. The zero-order valence-corrected chi connectivity index (χ0v) is 19.3. The number of hydrogen-bond acceptors (Lipinski definition) is 2. The van der Waals surface area contributed by atoms with Crippen LogP contribution in [0.1, 0.15) is 53.9 Å². The van der Waals surface area contributed by atoms with Crippen molar-refractivity contribution in [3.63, 3.8) is 0 Å². The third-order valence-corrected chi connectivity index (χ3v) is 7.71. The van der Waals surface area contributed by atoms with Crippen LogP contribution in [0.15, 0.2) is 85.5 Å². The van der Waals surface area contributed by atoms with Gasteiger partial charge in [0.2, 0.25) is 0 Å². The van der Waals surface area contributed by atoms with Crippen molar-refractivity contribution in [2.75, 3.05) is 6.61 Å². The average Bonchev–Trinajstić information content (AvgIpc) is 3.20. The Bertz CT molecular complexity index is 1240. The molecular weight excluding hydrogens is 418 g/mol. The van der Waals surface area contributed by atoms with Gasteiger partial charge in [0.25, 0.3) is 0 Å². The fourth-order valence-corrected chi connectivity index (χ4v) is 6.15. The minimum absolute atomic E-state index is 0.0894. The molecule has 3 aliphatic rings. The van der Waals surface area contributed by atoms with E-state index in [2.05, 4.69) is 79.4 Å². The Kier molecular flexibility index (Phi) is 5.33. The monoisotopic (exact) mass is 447 g/mol. The quantitative estimate of drug-likeness (QED) is 0.420.